The number of anilines is 6. The summed E-state index contributed by atoms with van der Waals surface area (Å²) in [6.07, 6.45) is 3.79. The van der Waals surface area contributed by atoms with Crippen molar-refractivity contribution in [2.75, 3.05) is 9.80 Å². The maximum absolute atomic E-state index is 6.97. The van der Waals surface area contributed by atoms with Gasteiger partial charge in [-0.15, -0.1) is 0 Å². The first kappa shape index (κ1) is 48.1. The van der Waals surface area contributed by atoms with Crippen molar-refractivity contribution in [3.63, 3.8) is 0 Å². The van der Waals surface area contributed by atoms with Gasteiger partial charge in [0, 0.05) is 51.3 Å². The molecule has 6 nitrogen and oxygen atoms in total. The number of aromatic nitrogens is 2. The molecule has 0 amide bonds. The van der Waals surface area contributed by atoms with E-state index in [4.69, 9.17) is 18.8 Å². The largest absolute Gasteiger partial charge is 0.452 e. The summed E-state index contributed by atoms with van der Waals surface area (Å²) < 4.78 is 13.7. The third-order valence-corrected chi connectivity index (χ3v) is 15.6. The molecule has 386 valence electrons. The third-order valence-electron chi connectivity index (χ3n) is 15.6. The average Bonchev–Trinajstić information content (AvgIpc) is 4.29. The molecule has 0 spiro atoms. The van der Waals surface area contributed by atoms with Gasteiger partial charge in [-0.1, -0.05) is 206 Å². The maximum atomic E-state index is 6.97. The van der Waals surface area contributed by atoms with Crippen LogP contribution in [0.2, 0.25) is 0 Å². The summed E-state index contributed by atoms with van der Waals surface area (Å²) in [4.78, 5) is 14.5. The minimum atomic E-state index is 0.707. The number of rotatable bonds is 12. The first-order valence-electron chi connectivity index (χ1n) is 27.6. The molecular weight excluding hydrogens is 1000 g/mol. The topological polar surface area (TPSA) is 58.5 Å². The van der Waals surface area contributed by atoms with Crippen LogP contribution in [0.25, 0.3) is 111 Å². The molecule has 11 aromatic carbocycles. The van der Waals surface area contributed by atoms with Crippen LogP contribution in [0.15, 0.2) is 312 Å². The minimum absolute atomic E-state index is 0.707. The second-order valence-corrected chi connectivity index (χ2v) is 20.5. The van der Waals surface area contributed by atoms with Gasteiger partial charge in [0.05, 0.1) is 5.69 Å². The van der Waals surface area contributed by atoms with Crippen LogP contribution in [0.1, 0.15) is 0 Å². The van der Waals surface area contributed by atoms with E-state index in [-0.39, 0.29) is 0 Å². The van der Waals surface area contributed by atoms with E-state index in [2.05, 4.69) is 271 Å². The van der Waals surface area contributed by atoms with E-state index >= 15 is 0 Å². The molecule has 6 heteroatoms. The summed E-state index contributed by atoms with van der Waals surface area (Å²) in [5.41, 5.74) is 22.1. The molecule has 0 saturated carbocycles. The van der Waals surface area contributed by atoms with Crippen molar-refractivity contribution >= 4 is 78.3 Å². The fourth-order valence-electron chi connectivity index (χ4n) is 11.7. The number of para-hydroxylation sites is 1. The summed E-state index contributed by atoms with van der Waals surface area (Å²) in [6.45, 7) is 0. The van der Waals surface area contributed by atoms with Crippen LogP contribution in [0, 0.1) is 0 Å². The molecule has 0 aliphatic heterocycles. The molecule has 0 aliphatic rings. The number of benzene rings is 11. The number of hydrogen-bond donors (Lipinski definition) is 0. The predicted molar refractivity (Wildman–Crippen MR) is 339 cm³/mol. The van der Waals surface area contributed by atoms with Crippen molar-refractivity contribution in [1.82, 2.24) is 9.97 Å². The van der Waals surface area contributed by atoms with Crippen LogP contribution in [-0.4, -0.2) is 9.97 Å². The lowest BCUT2D eigenvalue weighted by atomic mass is 9.93. The molecule has 15 aromatic rings. The van der Waals surface area contributed by atoms with E-state index in [0.29, 0.717) is 11.4 Å². The van der Waals surface area contributed by atoms with Gasteiger partial charge in [-0.2, -0.15) is 0 Å². The standard InChI is InChI=1S/C76H50N4O2/c1-5-17-51(18-6-1)53-31-39-61(40-32-53)80(62-41-33-54(34-42-62)52-19-7-2-8-20-52)76-74-67(45-47-78-76)72-65(28-16-30-71(72)82-74)59-26-15-25-58(49-59)55-35-37-60(38-36-55)79(69-46-48-77-73-66-27-13-14-29-70(66)81-75(69)73)63-43-44-64(56-21-9-3-10-22-56)68(50-63)57-23-11-4-12-24-57/h1-50H. The van der Waals surface area contributed by atoms with Gasteiger partial charge >= 0.3 is 0 Å². The lowest BCUT2D eigenvalue weighted by Crippen LogP contribution is -2.11. The van der Waals surface area contributed by atoms with E-state index in [1.54, 1.807) is 0 Å². The van der Waals surface area contributed by atoms with Crippen molar-refractivity contribution in [2.24, 2.45) is 0 Å². The Morgan fingerprint density at radius 3 is 1.39 bits per heavy atom. The lowest BCUT2D eigenvalue weighted by Gasteiger charge is -2.27. The van der Waals surface area contributed by atoms with Crippen LogP contribution in [0.4, 0.5) is 34.3 Å². The van der Waals surface area contributed by atoms with E-state index in [0.717, 1.165) is 134 Å². The van der Waals surface area contributed by atoms with Crippen LogP contribution < -0.4 is 9.80 Å². The first-order chi connectivity index (χ1) is 40.7. The Morgan fingerprint density at radius 1 is 0.268 bits per heavy atom. The fraction of sp³-hybridized carbons (Fsp3) is 0. The maximum Gasteiger partial charge on any atom is 0.181 e. The Balaban J connectivity index is 0.819. The smallest absolute Gasteiger partial charge is 0.181 e. The fourth-order valence-corrected chi connectivity index (χ4v) is 11.7. The van der Waals surface area contributed by atoms with E-state index in [9.17, 15) is 0 Å². The zero-order valence-electron chi connectivity index (χ0n) is 44.5. The summed E-state index contributed by atoms with van der Waals surface area (Å²) >= 11 is 0. The Hall–Kier alpha value is -11.1. The molecule has 4 heterocycles. The van der Waals surface area contributed by atoms with Gasteiger partial charge in [0.25, 0.3) is 0 Å². The van der Waals surface area contributed by atoms with Crippen LogP contribution in [-0.2, 0) is 0 Å². The summed E-state index contributed by atoms with van der Waals surface area (Å²) in [6, 6.07) is 103. The third kappa shape index (κ3) is 8.72. The normalized spacial score (nSPS) is 11.4. The molecule has 0 atom stereocenters. The first-order valence-corrected chi connectivity index (χ1v) is 27.6. The van der Waals surface area contributed by atoms with Gasteiger partial charge in [-0.05, 0) is 152 Å². The molecule has 0 bridgehead atoms. The number of hydrogen-bond acceptors (Lipinski definition) is 6. The highest BCUT2D eigenvalue weighted by Crippen LogP contribution is 2.47. The zero-order chi connectivity index (χ0) is 54.3. The van der Waals surface area contributed by atoms with Crippen molar-refractivity contribution in [3.05, 3.63) is 304 Å². The molecule has 4 aromatic heterocycles. The van der Waals surface area contributed by atoms with Gasteiger partial charge in [0.15, 0.2) is 17.0 Å². The number of nitrogens with zero attached hydrogens (tertiary/aromatic N) is 4. The van der Waals surface area contributed by atoms with Crippen LogP contribution >= 0.6 is 0 Å². The van der Waals surface area contributed by atoms with Gasteiger partial charge in [-0.25, -0.2) is 4.98 Å². The van der Waals surface area contributed by atoms with Crippen molar-refractivity contribution in [1.29, 1.82) is 0 Å². The summed E-state index contributed by atoms with van der Waals surface area (Å²) in [7, 11) is 0. The zero-order valence-corrected chi connectivity index (χ0v) is 44.5. The molecule has 0 aliphatic carbocycles. The highest BCUT2D eigenvalue weighted by Gasteiger charge is 2.25. The van der Waals surface area contributed by atoms with E-state index < -0.39 is 0 Å². The molecule has 0 saturated heterocycles. The summed E-state index contributed by atoms with van der Waals surface area (Å²) in [5, 5.41) is 3.00. The number of furan rings is 2. The lowest BCUT2D eigenvalue weighted by molar-refractivity contribution is 0.667. The monoisotopic (exact) mass is 1050 g/mol. The average molecular weight is 1050 g/mol. The second kappa shape index (κ2) is 20.6. The number of fused-ring (bicyclic) bond motifs is 6. The predicted octanol–water partition coefficient (Wildman–Crippen LogP) is 21.2. The Kier molecular flexibility index (Phi) is 12.1. The Labute approximate surface area is 474 Å². The molecule has 15 rings (SSSR count). The molecular formula is C76H50N4O2. The molecule has 0 fully saturated rings. The van der Waals surface area contributed by atoms with E-state index in [1.165, 1.54) is 0 Å². The highest BCUT2D eigenvalue weighted by atomic mass is 16.3. The second-order valence-electron chi connectivity index (χ2n) is 20.5. The highest BCUT2D eigenvalue weighted by molar-refractivity contribution is 6.15. The van der Waals surface area contributed by atoms with E-state index in [1.807, 2.05) is 42.7 Å². The van der Waals surface area contributed by atoms with Gasteiger partial charge in [0.2, 0.25) is 0 Å². The summed E-state index contributed by atoms with van der Waals surface area (Å²) in [5.74, 6) is 0.707. The quantitative estimate of drug-likeness (QED) is 0.122. The van der Waals surface area contributed by atoms with Crippen LogP contribution in [0.3, 0.4) is 0 Å². The van der Waals surface area contributed by atoms with Gasteiger partial charge < -0.3 is 13.7 Å². The molecule has 0 radical (unpaired) electrons. The van der Waals surface area contributed by atoms with Crippen molar-refractivity contribution in [2.45, 2.75) is 0 Å². The Bertz CT molecular complexity index is 4690. The number of pyridine rings is 2. The minimum Gasteiger partial charge on any atom is -0.452 e. The Morgan fingerprint density at radius 2 is 0.744 bits per heavy atom. The van der Waals surface area contributed by atoms with Crippen molar-refractivity contribution < 1.29 is 8.83 Å². The SMILES string of the molecule is c1ccc(-c2ccc(N(c3ccc(-c4ccccc4)cc3)c3nccc4c3oc3cccc(-c5cccc(-c6ccc(N(c7ccc(-c8ccccc8)c(-c8ccccc8)c7)c7ccnc8c7oc7ccccc78)cc6)c5)c34)cc2)cc1. The van der Waals surface area contributed by atoms with Crippen LogP contribution in [0.5, 0.6) is 0 Å². The van der Waals surface area contributed by atoms with Crippen molar-refractivity contribution in [3.8, 4) is 66.8 Å². The van der Waals surface area contributed by atoms with Gasteiger partial charge in [0.1, 0.15) is 16.7 Å². The molecule has 82 heavy (non-hydrogen) atoms. The van der Waals surface area contributed by atoms with Gasteiger partial charge in [-0.3, -0.25) is 9.88 Å². The molecule has 0 N–H and O–H groups in total. The molecule has 0 unspecified atom stereocenters.